The fourth-order valence-electron chi connectivity index (χ4n) is 2.35. The van der Waals surface area contributed by atoms with Crippen molar-refractivity contribution in [3.05, 3.63) is 18.2 Å². The van der Waals surface area contributed by atoms with Gasteiger partial charge in [-0.3, -0.25) is 0 Å². The Labute approximate surface area is 97.4 Å². The summed E-state index contributed by atoms with van der Waals surface area (Å²) in [5.41, 5.74) is 0. The highest BCUT2D eigenvalue weighted by Gasteiger charge is 2.21. The Bertz CT molecular complexity index is 288. The summed E-state index contributed by atoms with van der Waals surface area (Å²) in [5, 5.41) is 3.56. The number of nitrogens with one attached hydrogen (secondary N) is 2. The average molecular weight is 222 g/mol. The van der Waals surface area contributed by atoms with Gasteiger partial charge in [0, 0.05) is 18.4 Å². The second-order valence-corrected chi connectivity index (χ2v) is 4.85. The maximum absolute atomic E-state index is 4.22. The van der Waals surface area contributed by atoms with Gasteiger partial charge in [0.15, 0.2) is 0 Å². The molecule has 0 radical (unpaired) electrons. The summed E-state index contributed by atoms with van der Waals surface area (Å²) in [6.45, 7) is 5.61. The van der Waals surface area contributed by atoms with Crippen molar-refractivity contribution in [1.29, 1.82) is 0 Å². The van der Waals surface area contributed by atoms with E-state index in [2.05, 4.69) is 34.2 Å². The van der Waals surface area contributed by atoms with E-state index in [0.717, 1.165) is 18.3 Å². The molecule has 0 aromatic carbocycles. The van der Waals surface area contributed by atoms with Crippen LogP contribution in [0.15, 0.2) is 12.4 Å². The molecule has 0 spiro atoms. The summed E-state index contributed by atoms with van der Waals surface area (Å²) in [7, 11) is 2.21. The van der Waals surface area contributed by atoms with E-state index in [0.29, 0.717) is 6.04 Å². The number of hydrogen-bond donors (Lipinski definition) is 2. The molecule has 0 saturated carbocycles. The first-order valence-corrected chi connectivity index (χ1v) is 6.16. The van der Waals surface area contributed by atoms with E-state index >= 15 is 0 Å². The number of rotatable bonds is 4. The molecule has 0 bridgehead atoms. The molecule has 16 heavy (non-hydrogen) atoms. The molecule has 2 rings (SSSR count). The molecule has 1 aliphatic heterocycles. The lowest BCUT2D eigenvalue weighted by atomic mass is 9.90. The summed E-state index contributed by atoms with van der Waals surface area (Å²) in [6, 6.07) is 0.582. The SMILES string of the molecule is CC(NCc1ncc[nH]1)C1CCN(C)CC1. The van der Waals surface area contributed by atoms with Gasteiger partial charge in [-0.25, -0.2) is 4.98 Å². The van der Waals surface area contributed by atoms with Crippen LogP contribution < -0.4 is 5.32 Å². The van der Waals surface area contributed by atoms with Crippen LogP contribution in [-0.4, -0.2) is 41.0 Å². The number of aromatic amines is 1. The fraction of sp³-hybridized carbons (Fsp3) is 0.750. The largest absolute Gasteiger partial charge is 0.348 e. The highest BCUT2D eigenvalue weighted by Crippen LogP contribution is 2.19. The van der Waals surface area contributed by atoms with Crippen LogP contribution in [0.5, 0.6) is 0 Å². The zero-order valence-corrected chi connectivity index (χ0v) is 10.2. The van der Waals surface area contributed by atoms with E-state index in [9.17, 15) is 0 Å². The number of nitrogens with zero attached hydrogens (tertiary/aromatic N) is 2. The van der Waals surface area contributed by atoms with E-state index in [4.69, 9.17) is 0 Å². The number of piperidine rings is 1. The summed E-state index contributed by atoms with van der Waals surface area (Å²) in [6.07, 6.45) is 6.29. The minimum absolute atomic E-state index is 0.582. The van der Waals surface area contributed by atoms with Crippen molar-refractivity contribution >= 4 is 0 Å². The van der Waals surface area contributed by atoms with Gasteiger partial charge in [-0.2, -0.15) is 0 Å². The van der Waals surface area contributed by atoms with Gasteiger partial charge in [0.1, 0.15) is 5.82 Å². The van der Waals surface area contributed by atoms with Crippen LogP contribution in [0.1, 0.15) is 25.6 Å². The zero-order valence-electron chi connectivity index (χ0n) is 10.2. The van der Waals surface area contributed by atoms with Crippen LogP contribution >= 0.6 is 0 Å². The predicted octanol–water partition coefficient (Wildman–Crippen LogP) is 1.23. The fourth-order valence-corrected chi connectivity index (χ4v) is 2.35. The lowest BCUT2D eigenvalue weighted by molar-refractivity contribution is 0.189. The van der Waals surface area contributed by atoms with Crippen LogP contribution in [0.4, 0.5) is 0 Å². The maximum Gasteiger partial charge on any atom is 0.120 e. The van der Waals surface area contributed by atoms with Gasteiger partial charge in [-0.15, -0.1) is 0 Å². The number of likely N-dealkylation sites (tertiary alicyclic amines) is 1. The van der Waals surface area contributed by atoms with Gasteiger partial charge < -0.3 is 15.2 Å². The monoisotopic (exact) mass is 222 g/mol. The van der Waals surface area contributed by atoms with Gasteiger partial charge in [-0.05, 0) is 45.8 Å². The zero-order chi connectivity index (χ0) is 11.4. The third-order valence-electron chi connectivity index (χ3n) is 3.62. The molecule has 1 atom stereocenters. The molecular weight excluding hydrogens is 200 g/mol. The maximum atomic E-state index is 4.22. The molecule has 1 aromatic rings. The highest BCUT2D eigenvalue weighted by atomic mass is 15.1. The Hall–Kier alpha value is -0.870. The van der Waals surface area contributed by atoms with Crippen molar-refractivity contribution in [3.63, 3.8) is 0 Å². The van der Waals surface area contributed by atoms with Crippen molar-refractivity contribution < 1.29 is 0 Å². The predicted molar refractivity (Wildman–Crippen MR) is 65.1 cm³/mol. The first-order chi connectivity index (χ1) is 7.75. The molecule has 1 aromatic heterocycles. The van der Waals surface area contributed by atoms with E-state index in [1.54, 1.807) is 6.20 Å². The number of imidazole rings is 1. The Balaban J connectivity index is 1.73. The van der Waals surface area contributed by atoms with Crippen molar-refractivity contribution in [2.75, 3.05) is 20.1 Å². The smallest absolute Gasteiger partial charge is 0.120 e. The minimum Gasteiger partial charge on any atom is -0.348 e. The Kier molecular flexibility index (Phi) is 3.96. The third-order valence-corrected chi connectivity index (χ3v) is 3.62. The van der Waals surface area contributed by atoms with E-state index in [1.807, 2.05) is 6.20 Å². The van der Waals surface area contributed by atoms with E-state index in [-0.39, 0.29) is 0 Å². The summed E-state index contributed by atoms with van der Waals surface area (Å²) in [4.78, 5) is 9.75. The van der Waals surface area contributed by atoms with Crippen LogP contribution in [0.3, 0.4) is 0 Å². The molecule has 0 amide bonds. The second-order valence-electron chi connectivity index (χ2n) is 4.85. The molecule has 1 aliphatic rings. The summed E-state index contributed by atoms with van der Waals surface area (Å²) in [5.74, 6) is 1.84. The molecule has 4 nitrogen and oxygen atoms in total. The van der Waals surface area contributed by atoms with Crippen molar-refractivity contribution in [3.8, 4) is 0 Å². The first-order valence-electron chi connectivity index (χ1n) is 6.16. The molecule has 0 aliphatic carbocycles. The second kappa shape index (κ2) is 5.46. The van der Waals surface area contributed by atoms with Gasteiger partial charge in [0.2, 0.25) is 0 Å². The summed E-state index contributed by atoms with van der Waals surface area (Å²) < 4.78 is 0. The normalized spacial score (nSPS) is 21.1. The minimum atomic E-state index is 0.582. The average Bonchev–Trinajstić information content (AvgIpc) is 2.80. The third kappa shape index (κ3) is 3.06. The standard InChI is InChI=1S/C12H22N4/c1-10(11-3-7-16(2)8-4-11)15-9-12-13-5-6-14-12/h5-6,10-11,15H,3-4,7-9H2,1-2H3,(H,13,14). The Morgan fingerprint density at radius 3 is 2.94 bits per heavy atom. The van der Waals surface area contributed by atoms with Crippen molar-refractivity contribution in [2.45, 2.75) is 32.4 Å². The van der Waals surface area contributed by atoms with E-state index < -0.39 is 0 Å². The Morgan fingerprint density at radius 1 is 1.56 bits per heavy atom. The molecular formula is C12H22N4. The molecule has 4 heteroatoms. The number of hydrogen-bond acceptors (Lipinski definition) is 3. The summed E-state index contributed by atoms with van der Waals surface area (Å²) >= 11 is 0. The molecule has 1 saturated heterocycles. The highest BCUT2D eigenvalue weighted by molar-refractivity contribution is 4.87. The lowest BCUT2D eigenvalue weighted by Gasteiger charge is -2.33. The molecule has 2 heterocycles. The topological polar surface area (TPSA) is 44.0 Å². The quantitative estimate of drug-likeness (QED) is 0.805. The number of H-pyrrole nitrogens is 1. The molecule has 1 unspecified atom stereocenters. The van der Waals surface area contributed by atoms with Gasteiger partial charge in [0.05, 0.1) is 6.54 Å². The van der Waals surface area contributed by atoms with Crippen LogP contribution in [-0.2, 0) is 6.54 Å². The molecule has 1 fully saturated rings. The number of aromatic nitrogens is 2. The molecule has 90 valence electrons. The van der Waals surface area contributed by atoms with E-state index in [1.165, 1.54) is 25.9 Å². The Morgan fingerprint density at radius 2 is 2.31 bits per heavy atom. The van der Waals surface area contributed by atoms with Crippen LogP contribution in [0.2, 0.25) is 0 Å². The van der Waals surface area contributed by atoms with Crippen LogP contribution in [0, 0.1) is 5.92 Å². The molecule has 2 N–H and O–H groups in total. The lowest BCUT2D eigenvalue weighted by Crippen LogP contribution is -2.40. The first kappa shape index (κ1) is 11.6. The van der Waals surface area contributed by atoms with Crippen molar-refractivity contribution in [2.24, 2.45) is 5.92 Å². The van der Waals surface area contributed by atoms with Gasteiger partial charge in [-0.1, -0.05) is 0 Å². The van der Waals surface area contributed by atoms with Crippen LogP contribution in [0.25, 0.3) is 0 Å². The van der Waals surface area contributed by atoms with Crippen molar-refractivity contribution in [1.82, 2.24) is 20.2 Å². The van der Waals surface area contributed by atoms with Gasteiger partial charge in [0.25, 0.3) is 0 Å². The van der Waals surface area contributed by atoms with Gasteiger partial charge >= 0.3 is 0 Å².